The van der Waals surface area contributed by atoms with Crippen LogP contribution in [0.3, 0.4) is 0 Å². The first kappa shape index (κ1) is 17.0. The van der Waals surface area contributed by atoms with Crippen molar-refractivity contribution in [2.24, 2.45) is 5.92 Å². The third-order valence-electron chi connectivity index (χ3n) is 4.47. The maximum Gasteiger partial charge on any atom is 0.235 e. The quantitative estimate of drug-likeness (QED) is 0.562. The molecule has 0 spiro atoms. The van der Waals surface area contributed by atoms with Crippen molar-refractivity contribution < 1.29 is 24.4 Å². The van der Waals surface area contributed by atoms with E-state index >= 15 is 0 Å². The first-order valence-electron chi connectivity index (χ1n) is 7.96. The fraction of sp³-hybridized carbons (Fsp3) is 0.471. The smallest absolute Gasteiger partial charge is 0.235 e. The Morgan fingerprint density at radius 2 is 2.08 bits per heavy atom. The second-order valence-corrected chi connectivity index (χ2v) is 7.84. The summed E-state index contributed by atoms with van der Waals surface area (Å²) in [6, 6.07) is 5.56. The van der Waals surface area contributed by atoms with Gasteiger partial charge in [-0.1, -0.05) is 6.07 Å². The highest BCUT2D eigenvalue weighted by atomic mass is 32.2. The van der Waals surface area contributed by atoms with Crippen LogP contribution in [0.1, 0.15) is 20.3 Å². The summed E-state index contributed by atoms with van der Waals surface area (Å²) >= 11 is 1.46. The van der Waals surface area contributed by atoms with Gasteiger partial charge in [0.05, 0.1) is 35.0 Å². The van der Waals surface area contributed by atoms with E-state index in [1.165, 1.54) is 16.7 Å². The zero-order chi connectivity index (χ0) is 17.4. The Morgan fingerprint density at radius 3 is 2.67 bits per heavy atom. The van der Waals surface area contributed by atoms with Crippen LogP contribution in [0.2, 0.25) is 0 Å². The maximum absolute atomic E-state index is 12.1. The van der Waals surface area contributed by atoms with Gasteiger partial charge in [0.2, 0.25) is 5.91 Å². The second kappa shape index (κ2) is 6.57. The average molecular weight is 348 g/mol. The third-order valence-corrected chi connectivity index (χ3v) is 5.67. The maximum atomic E-state index is 12.1. The lowest BCUT2D eigenvalue weighted by Gasteiger charge is -2.45. The fourth-order valence-corrected chi connectivity index (χ4v) is 4.75. The van der Waals surface area contributed by atoms with Gasteiger partial charge in [0.1, 0.15) is 0 Å². The first-order valence-corrected chi connectivity index (χ1v) is 8.84. The second-order valence-electron chi connectivity index (χ2n) is 6.31. The molecule has 1 aromatic rings. The molecule has 1 fully saturated rings. The Balaban J connectivity index is 1.75. The molecule has 0 unspecified atom stereocenters. The topological polar surface area (TPSA) is 84.5 Å². The third kappa shape index (κ3) is 2.93. The zero-order valence-electron chi connectivity index (χ0n) is 13.6. The van der Waals surface area contributed by atoms with E-state index in [4.69, 9.17) is 0 Å². The van der Waals surface area contributed by atoms with Crippen LogP contribution < -0.4 is 9.67 Å². The largest absolute Gasteiger partial charge is 0.543 e. The first-order chi connectivity index (χ1) is 11.4. The molecule has 7 heteroatoms. The number of aliphatic carboxylic acids is 1. The van der Waals surface area contributed by atoms with Crippen LogP contribution >= 0.6 is 11.8 Å². The molecule has 1 saturated heterocycles. The number of carboxylic acids is 1. The molecule has 0 radical (unpaired) electrons. The number of thioether (sulfide) groups is 1. The Labute approximate surface area is 144 Å². The van der Waals surface area contributed by atoms with Gasteiger partial charge in [-0.25, -0.2) is 4.57 Å². The summed E-state index contributed by atoms with van der Waals surface area (Å²) in [5, 5.41) is 21.4. The molecule has 0 saturated carbocycles. The van der Waals surface area contributed by atoms with E-state index in [0.29, 0.717) is 11.3 Å². The van der Waals surface area contributed by atoms with Crippen molar-refractivity contribution in [3.8, 4) is 0 Å². The number of amides is 1. The van der Waals surface area contributed by atoms with Gasteiger partial charge in [-0.15, -0.1) is 11.8 Å². The summed E-state index contributed by atoms with van der Waals surface area (Å²) in [6.45, 7) is 4.32. The van der Waals surface area contributed by atoms with Crippen LogP contribution in [0.25, 0.3) is 0 Å². The Morgan fingerprint density at radius 1 is 1.42 bits per heavy atom. The number of hydrogen-bond donors (Lipinski definition) is 1. The Hall–Kier alpha value is -1.86. The minimum atomic E-state index is -1.32. The molecule has 3 heterocycles. The lowest BCUT2D eigenvalue weighted by molar-refractivity contribution is -0.695. The van der Waals surface area contributed by atoms with Gasteiger partial charge in [-0.05, 0) is 13.8 Å². The summed E-state index contributed by atoms with van der Waals surface area (Å²) in [4.78, 5) is 25.6. The van der Waals surface area contributed by atoms with Gasteiger partial charge in [0.15, 0.2) is 18.9 Å². The summed E-state index contributed by atoms with van der Waals surface area (Å²) in [5.74, 6) is -2.16. The van der Waals surface area contributed by atoms with Gasteiger partial charge in [-0.3, -0.25) is 4.79 Å². The van der Waals surface area contributed by atoms with Crippen LogP contribution in [-0.4, -0.2) is 39.3 Å². The number of carbonyl (C=O) groups excluding carboxylic acids is 2. The van der Waals surface area contributed by atoms with E-state index < -0.39 is 18.0 Å². The number of hydrogen-bond acceptors (Lipinski definition) is 5. The number of fused-ring (bicyclic) bond motifs is 1. The van der Waals surface area contributed by atoms with E-state index in [2.05, 4.69) is 0 Å². The standard InChI is InChI=1S/C17H20N2O4S/c1-10(9-18-6-4-3-5-7-18)24-13-8-12-14(11(2)20)16(21)19(12)15(13)17(22)23/h3-7,10-12,14,20H,8-9H2,1-2H3/t10-,11-,12-,14-/m1/s1. The van der Waals surface area contributed by atoms with E-state index in [1.54, 1.807) is 6.92 Å². The predicted octanol–water partition coefficient (Wildman–Crippen LogP) is -0.331. The highest BCUT2D eigenvalue weighted by Crippen LogP contribution is 2.47. The highest BCUT2D eigenvalue weighted by molar-refractivity contribution is 8.03. The molecule has 1 aromatic heterocycles. The lowest BCUT2D eigenvalue weighted by Crippen LogP contribution is -2.62. The minimum absolute atomic E-state index is 0.0168. The molecule has 4 atom stereocenters. The van der Waals surface area contributed by atoms with Crippen molar-refractivity contribution in [3.05, 3.63) is 41.2 Å². The molecule has 0 aliphatic carbocycles. The van der Waals surface area contributed by atoms with Gasteiger partial charge < -0.3 is 19.9 Å². The van der Waals surface area contributed by atoms with E-state index in [9.17, 15) is 19.8 Å². The van der Waals surface area contributed by atoms with Crippen molar-refractivity contribution in [1.82, 2.24) is 4.90 Å². The minimum Gasteiger partial charge on any atom is -0.543 e. The molecule has 3 rings (SSSR count). The fourth-order valence-electron chi connectivity index (χ4n) is 3.46. The Bertz CT molecular complexity index is 689. The van der Waals surface area contributed by atoms with E-state index in [0.717, 1.165) is 6.54 Å². The normalized spacial score (nSPS) is 25.3. The van der Waals surface area contributed by atoms with Crippen molar-refractivity contribution in [3.63, 3.8) is 0 Å². The molecule has 24 heavy (non-hydrogen) atoms. The van der Waals surface area contributed by atoms with Crippen molar-refractivity contribution in [2.45, 2.75) is 44.2 Å². The molecule has 1 N–H and O–H groups in total. The van der Waals surface area contributed by atoms with Crippen LogP contribution in [0, 0.1) is 5.92 Å². The molecule has 6 nitrogen and oxygen atoms in total. The summed E-state index contributed by atoms with van der Waals surface area (Å²) in [7, 11) is 0. The molecule has 0 aromatic carbocycles. The molecule has 0 bridgehead atoms. The number of carbonyl (C=O) groups is 2. The number of rotatable bonds is 6. The number of pyridine rings is 1. The number of carboxylic acid groups (broad SMARTS) is 1. The molecule has 2 aliphatic rings. The van der Waals surface area contributed by atoms with Crippen LogP contribution in [-0.2, 0) is 16.1 Å². The van der Waals surface area contributed by atoms with Crippen molar-refractivity contribution >= 4 is 23.6 Å². The molecule has 1 amide bonds. The number of β-lactam (4-membered cyclic amide) rings is 1. The van der Waals surface area contributed by atoms with Gasteiger partial charge in [0.25, 0.3) is 0 Å². The van der Waals surface area contributed by atoms with Gasteiger partial charge in [-0.2, -0.15) is 0 Å². The zero-order valence-corrected chi connectivity index (χ0v) is 14.4. The number of aliphatic hydroxyl groups is 1. The lowest BCUT2D eigenvalue weighted by atomic mass is 9.83. The number of aromatic nitrogens is 1. The SMILES string of the molecule is C[C@H](C[n+]1ccccc1)SC1=C(C(=O)[O-])N2C(=O)[C@H]([C@@H](C)O)[C@H]2C1. The average Bonchev–Trinajstić information content (AvgIpc) is 2.82. The summed E-state index contributed by atoms with van der Waals surface area (Å²) < 4.78 is 2.03. The van der Waals surface area contributed by atoms with Gasteiger partial charge >= 0.3 is 0 Å². The van der Waals surface area contributed by atoms with Crippen molar-refractivity contribution in [1.29, 1.82) is 0 Å². The van der Waals surface area contributed by atoms with Crippen LogP contribution in [0.5, 0.6) is 0 Å². The van der Waals surface area contributed by atoms with Crippen LogP contribution in [0.4, 0.5) is 0 Å². The molecule has 128 valence electrons. The summed E-state index contributed by atoms with van der Waals surface area (Å²) in [6.07, 6.45) is 3.61. The number of nitrogens with zero attached hydrogens (tertiary/aromatic N) is 2. The summed E-state index contributed by atoms with van der Waals surface area (Å²) in [5.41, 5.74) is -0.0168. The van der Waals surface area contributed by atoms with Gasteiger partial charge in [0, 0.05) is 23.5 Å². The highest BCUT2D eigenvalue weighted by Gasteiger charge is 2.55. The van der Waals surface area contributed by atoms with Crippen molar-refractivity contribution in [2.75, 3.05) is 0 Å². The molecule has 2 aliphatic heterocycles. The Kier molecular flexibility index (Phi) is 4.64. The molecular weight excluding hydrogens is 328 g/mol. The van der Waals surface area contributed by atoms with E-state index in [-0.39, 0.29) is 22.9 Å². The monoisotopic (exact) mass is 348 g/mol. The van der Waals surface area contributed by atoms with E-state index in [1.807, 2.05) is 42.1 Å². The number of aliphatic hydroxyl groups excluding tert-OH is 1. The predicted molar refractivity (Wildman–Crippen MR) is 86.1 cm³/mol. The molecular formula is C17H20N2O4S. The van der Waals surface area contributed by atoms with Crippen LogP contribution in [0.15, 0.2) is 41.2 Å².